The second-order valence-electron chi connectivity index (χ2n) is 6.36. The molecular formula is C18H19FN4OS. The number of halogens is 1. The predicted octanol–water partition coefficient (Wildman–Crippen LogP) is 4.62. The molecule has 0 bridgehead atoms. The molecule has 5 nitrogen and oxygen atoms in total. The van der Waals surface area contributed by atoms with E-state index in [1.807, 2.05) is 0 Å². The molecule has 0 atom stereocenters. The van der Waals surface area contributed by atoms with Crippen LogP contribution in [-0.2, 0) is 12.2 Å². The molecular weight excluding hydrogens is 339 g/mol. The number of hydrogen-bond acceptors (Lipinski definition) is 5. The monoisotopic (exact) mass is 358 g/mol. The summed E-state index contributed by atoms with van der Waals surface area (Å²) < 4.78 is 18.5. The maximum Gasteiger partial charge on any atom is 0.226 e. The van der Waals surface area contributed by atoms with E-state index in [1.165, 1.54) is 49.6 Å². The van der Waals surface area contributed by atoms with Crippen LogP contribution in [0.25, 0.3) is 11.5 Å². The fraction of sp³-hybridized carbons (Fsp3) is 0.389. The Kier molecular flexibility index (Phi) is 4.83. The largest absolute Gasteiger partial charge is 0.444 e. The molecule has 0 unspecified atom stereocenters. The fourth-order valence-corrected chi connectivity index (χ4v) is 3.85. The van der Waals surface area contributed by atoms with Crippen LogP contribution in [0.15, 0.2) is 40.1 Å². The highest BCUT2D eigenvalue weighted by molar-refractivity contribution is 7.98. The minimum atomic E-state index is -0.274. The molecule has 1 fully saturated rings. The molecule has 1 aliphatic carbocycles. The van der Waals surface area contributed by atoms with Gasteiger partial charge in [-0.1, -0.05) is 37.4 Å². The highest BCUT2D eigenvalue weighted by atomic mass is 32.2. The first-order chi connectivity index (χ1) is 12.3. The zero-order valence-corrected chi connectivity index (χ0v) is 14.6. The predicted molar refractivity (Wildman–Crippen MR) is 93.5 cm³/mol. The molecule has 0 amide bonds. The number of rotatable bonds is 6. The number of aromatic nitrogens is 4. The average Bonchev–Trinajstić information content (AvgIpc) is 3.36. The molecule has 1 aromatic carbocycles. The second-order valence-corrected chi connectivity index (χ2v) is 7.30. The van der Waals surface area contributed by atoms with Gasteiger partial charge in [0.05, 0.1) is 5.69 Å². The first kappa shape index (κ1) is 16.3. The Morgan fingerprint density at radius 3 is 2.76 bits per heavy atom. The van der Waals surface area contributed by atoms with Crippen molar-refractivity contribution < 1.29 is 8.81 Å². The van der Waals surface area contributed by atoms with Crippen LogP contribution >= 0.6 is 11.8 Å². The number of hydrogen-bond donors (Lipinski definition) is 1. The van der Waals surface area contributed by atoms with Gasteiger partial charge in [0.1, 0.15) is 17.9 Å². The summed E-state index contributed by atoms with van der Waals surface area (Å²) >= 11 is 1.53. The Bertz CT molecular complexity index is 824. The van der Waals surface area contributed by atoms with Crippen molar-refractivity contribution in [2.45, 2.75) is 43.0 Å². The summed E-state index contributed by atoms with van der Waals surface area (Å²) in [4.78, 5) is 9.00. The molecule has 2 aromatic heterocycles. The van der Waals surface area contributed by atoms with Crippen molar-refractivity contribution in [2.75, 3.05) is 0 Å². The first-order valence-corrected chi connectivity index (χ1v) is 9.49. The van der Waals surface area contributed by atoms with Crippen LogP contribution in [-0.4, -0.2) is 20.2 Å². The zero-order chi connectivity index (χ0) is 17.1. The van der Waals surface area contributed by atoms with Crippen molar-refractivity contribution in [2.24, 2.45) is 5.92 Å². The zero-order valence-electron chi connectivity index (χ0n) is 13.7. The molecule has 3 aromatic rings. The topological polar surface area (TPSA) is 67.6 Å². The van der Waals surface area contributed by atoms with Crippen molar-refractivity contribution in [1.82, 2.24) is 20.2 Å². The van der Waals surface area contributed by atoms with Gasteiger partial charge in [0, 0.05) is 17.7 Å². The van der Waals surface area contributed by atoms with Crippen LogP contribution in [0.1, 0.15) is 37.2 Å². The summed E-state index contributed by atoms with van der Waals surface area (Å²) in [5.41, 5.74) is 1.57. The standard InChI is InChI=1S/C18H19FN4OS/c19-14-7-5-13(6-8-14)17-20-15(10-24-17)11-25-18-21-16(22-23-18)9-12-3-1-2-4-12/h5-8,10,12H,1-4,9,11H2,(H,21,22,23). The van der Waals surface area contributed by atoms with E-state index >= 15 is 0 Å². The van der Waals surface area contributed by atoms with Gasteiger partial charge in [-0.25, -0.2) is 14.4 Å². The lowest BCUT2D eigenvalue weighted by Crippen LogP contribution is -2.00. The number of benzene rings is 1. The summed E-state index contributed by atoms with van der Waals surface area (Å²) in [6.07, 6.45) is 7.89. The number of H-pyrrole nitrogens is 1. The van der Waals surface area contributed by atoms with E-state index in [2.05, 4.69) is 20.2 Å². The van der Waals surface area contributed by atoms with Crippen LogP contribution < -0.4 is 0 Å². The Morgan fingerprint density at radius 1 is 1.16 bits per heavy atom. The van der Waals surface area contributed by atoms with Crippen LogP contribution in [0.4, 0.5) is 4.39 Å². The van der Waals surface area contributed by atoms with Crippen LogP contribution in [0, 0.1) is 11.7 Å². The molecule has 1 N–H and O–H groups in total. The lowest BCUT2D eigenvalue weighted by atomic mass is 10.0. The number of nitrogens with one attached hydrogen (secondary N) is 1. The molecule has 1 aliphatic rings. The summed E-state index contributed by atoms with van der Waals surface area (Å²) in [5.74, 6) is 2.57. The first-order valence-electron chi connectivity index (χ1n) is 8.51. The minimum absolute atomic E-state index is 0.274. The minimum Gasteiger partial charge on any atom is -0.444 e. The Labute approximate surface area is 149 Å². The number of oxazole rings is 1. The molecule has 0 saturated heterocycles. The summed E-state index contributed by atoms with van der Waals surface area (Å²) in [6.45, 7) is 0. The summed E-state index contributed by atoms with van der Waals surface area (Å²) in [5, 5.41) is 8.05. The van der Waals surface area contributed by atoms with E-state index in [0.29, 0.717) is 11.6 Å². The maximum absolute atomic E-state index is 13.0. The van der Waals surface area contributed by atoms with Gasteiger partial charge < -0.3 is 4.42 Å². The summed E-state index contributed by atoms with van der Waals surface area (Å²) in [6, 6.07) is 6.10. The second kappa shape index (κ2) is 7.39. The van der Waals surface area contributed by atoms with Crippen molar-refractivity contribution >= 4 is 11.8 Å². The average molecular weight is 358 g/mol. The third-order valence-corrected chi connectivity index (χ3v) is 5.34. The van der Waals surface area contributed by atoms with E-state index < -0.39 is 0 Å². The smallest absolute Gasteiger partial charge is 0.226 e. The molecule has 130 valence electrons. The van der Waals surface area contributed by atoms with Gasteiger partial charge in [-0.2, -0.15) is 0 Å². The fourth-order valence-electron chi connectivity index (χ4n) is 3.16. The van der Waals surface area contributed by atoms with E-state index in [0.717, 1.165) is 34.6 Å². The van der Waals surface area contributed by atoms with Crippen LogP contribution in [0.2, 0.25) is 0 Å². The van der Waals surface area contributed by atoms with Gasteiger partial charge in [-0.15, -0.1) is 5.10 Å². The molecule has 4 rings (SSSR count). The molecule has 0 aliphatic heterocycles. The molecule has 25 heavy (non-hydrogen) atoms. The van der Waals surface area contributed by atoms with Crippen LogP contribution in [0.3, 0.4) is 0 Å². The number of thioether (sulfide) groups is 1. The van der Waals surface area contributed by atoms with E-state index in [-0.39, 0.29) is 5.82 Å². The summed E-state index contributed by atoms with van der Waals surface area (Å²) in [7, 11) is 0. The van der Waals surface area contributed by atoms with Crippen LogP contribution in [0.5, 0.6) is 0 Å². The highest BCUT2D eigenvalue weighted by Crippen LogP contribution is 2.28. The van der Waals surface area contributed by atoms with Gasteiger partial charge in [-0.05, 0) is 30.2 Å². The van der Waals surface area contributed by atoms with Crippen molar-refractivity contribution in [1.29, 1.82) is 0 Å². The van der Waals surface area contributed by atoms with Crippen molar-refractivity contribution in [3.05, 3.63) is 47.9 Å². The molecule has 7 heteroatoms. The van der Waals surface area contributed by atoms with Gasteiger partial charge in [0.25, 0.3) is 0 Å². The van der Waals surface area contributed by atoms with Gasteiger partial charge in [0.15, 0.2) is 0 Å². The van der Waals surface area contributed by atoms with Gasteiger partial charge in [0.2, 0.25) is 11.0 Å². The lowest BCUT2D eigenvalue weighted by molar-refractivity contribution is 0.531. The van der Waals surface area contributed by atoms with E-state index in [1.54, 1.807) is 18.4 Å². The van der Waals surface area contributed by atoms with Crippen molar-refractivity contribution in [3.8, 4) is 11.5 Å². The van der Waals surface area contributed by atoms with Crippen molar-refractivity contribution in [3.63, 3.8) is 0 Å². The molecule has 1 saturated carbocycles. The maximum atomic E-state index is 13.0. The third-order valence-electron chi connectivity index (χ3n) is 4.46. The number of aromatic amines is 1. The van der Waals surface area contributed by atoms with Gasteiger partial charge in [-0.3, -0.25) is 5.10 Å². The van der Waals surface area contributed by atoms with Gasteiger partial charge >= 0.3 is 0 Å². The molecule has 2 heterocycles. The normalized spacial score (nSPS) is 15.1. The Morgan fingerprint density at radius 2 is 1.96 bits per heavy atom. The third kappa shape index (κ3) is 4.10. The van der Waals surface area contributed by atoms with E-state index in [9.17, 15) is 4.39 Å². The Hall–Kier alpha value is -2.15. The quantitative estimate of drug-likeness (QED) is 0.651. The lowest BCUT2D eigenvalue weighted by Gasteiger charge is -2.03. The molecule has 0 radical (unpaired) electrons. The Balaban J connectivity index is 1.34. The SMILES string of the molecule is Fc1ccc(-c2nc(CSc3n[nH]c(CC4CCCC4)n3)co2)cc1. The highest BCUT2D eigenvalue weighted by Gasteiger charge is 2.17. The van der Waals surface area contributed by atoms with E-state index in [4.69, 9.17) is 4.42 Å². The molecule has 0 spiro atoms. The number of nitrogens with zero attached hydrogens (tertiary/aromatic N) is 3.